The van der Waals surface area contributed by atoms with Gasteiger partial charge in [0.25, 0.3) is 0 Å². The number of benzene rings is 2. The van der Waals surface area contributed by atoms with Crippen molar-refractivity contribution in [1.29, 1.82) is 0 Å². The minimum Gasteiger partial charge on any atom is -0.289 e. The molecule has 0 aliphatic heterocycles. The minimum atomic E-state index is 0.0433. The van der Waals surface area contributed by atoms with E-state index in [-0.39, 0.29) is 5.78 Å². The molecule has 1 nitrogen and oxygen atoms in total. The SMILES string of the molecule is CCCCCc1ccc(C(=O)c2ccc(Cl)cc2)cc1. The summed E-state index contributed by atoms with van der Waals surface area (Å²) in [6.45, 7) is 2.20. The Labute approximate surface area is 125 Å². The van der Waals surface area contributed by atoms with E-state index in [2.05, 4.69) is 19.1 Å². The van der Waals surface area contributed by atoms with Crippen LogP contribution in [0.5, 0.6) is 0 Å². The van der Waals surface area contributed by atoms with Crippen molar-refractivity contribution in [3.05, 3.63) is 70.2 Å². The Kier molecular flexibility index (Phi) is 5.37. The topological polar surface area (TPSA) is 17.1 Å². The van der Waals surface area contributed by atoms with Gasteiger partial charge in [-0.2, -0.15) is 0 Å². The zero-order chi connectivity index (χ0) is 14.4. The van der Waals surface area contributed by atoms with Crippen LogP contribution in [0, 0.1) is 0 Å². The Balaban J connectivity index is 2.05. The van der Waals surface area contributed by atoms with Gasteiger partial charge in [0, 0.05) is 16.1 Å². The number of carbonyl (C=O) groups excluding carboxylic acids is 1. The van der Waals surface area contributed by atoms with Crippen LogP contribution in [0.2, 0.25) is 5.02 Å². The van der Waals surface area contributed by atoms with Gasteiger partial charge in [-0.25, -0.2) is 0 Å². The molecule has 0 aliphatic rings. The summed E-state index contributed by atoms with van der Waals surface area (Å²) in [6, 6.07) is 15.0. The maximum Gasteiger partial charge on any atom is 0.193 e. The average Bonchev–Trinajstić information content (AvgIpc) is 2.48. The van der Waals surface area contributed by atoms with E-state index in [1.165, 1.54) is 24.8 Å². The van der Waals surface area contributed by atoms with Crippen molar-refractivity contribution in [3.8, 4) is 0 Å². The van der Waals surface area contributed by atoms with Crippen molar-refractivity contribution in [1.82, 2.24) is 0 Å². The van der Waals surface area contributed by atoms with E-state index in [0.29, 0.717) is 10.6 Å². The van der Waals surface area contributed by atoms with Crippen LogP contribution in [-0.4, -0.2) is 5.78 Å². The highest BCUT2D eigenvalue weighted by Crippen LogP contribution is 2.15. The first kappa shape index (κ1) is 14.8. The maximum absolute atomic E-state index is 12.3. The Bertz CT molecular complexity index is 555. The van der Waals surface area contributed by atoms with Gasteiger partial charge >= 0.3 is 0 Å². The van der Waals surface area contributed by atoms with Crippen molar-refractivity contribution in [2.75, 3.05) is 0 Å². The summed E-state index contributed by atoms with van der Waals surface area (Å²) >= 11 is 5.83. The molecule has 0 heterocycles. The summed E-state index contributed by atoms with van der Waals surface area (Å²) in [5.41, 5.74) is 2.70. The van der Waals surface area contributed by atoms with Crippen LogP contribution in [0.3, 0.4) is 0 Å². The smallest absolute Gasteiger partial charge is 0.193 e. The third-order valence-electron chi connectivity index (χ3n) is 3.39. The molecule has 2 heteroatoms. The van der Waals surface area contributed by atoms with Gasteiger partial charge < -0.3 is 0 Å². The lowest BCUT2D eigenvalue weighted by molar-refractivity contribution is 0.103. The number of halogens is 1. The van der Waals surface area contributed by atoms with Crippen LogP contribution in [0.4, 0.5) is 0 Å². The van der Waals surface area contributed by atoms with Gasteiger partial charge in [0.05, 0.1) is 0 Å². The fourth-order valence-electron chi connectivity index (χ4n) is 2.17. The molecule has 0 radical (unpaired) electrons. The van der Waals surface area contributed by atoms with E-state index in [1.807, 2.05) is 12.1 Å². The number of hydrogen-bond donors (Lipinski definition) is 0. The first-order valence-electron chi connectivity index (χ1n) is 7.10. The highest BCUT2D eigenvalue weighted by atomic mass is 35.5. The molecule has 0 saturated carbocycles. The van der Waals surface area contributed by atoms with E-state index >= 15 is 0 Å². The van der Waals surface area contributed by atoms with Gasteiger partial charge in [-0.05, 0) is 42.7 Å². The molecule has 20 heavy (non-hydrogen) atoms. The van der Waals surface area contributed by atoms with Crippen molar-refractivity contribution in [2.45, 2.75) is 32.6 Å². The Morgan fingerprint density at radius 1 is 0.900 bits per heavy atom. The number of aryl methyl sites for hydroxylation is 1. The average molecular weight is 287 g/mol. The number of unbranched alkanes of at least 4 members (excludes halogenated alkanes) is 2. The Morgan fingerprint density at radius 3 is 2.00 bits per heavy atom. The molecule has 104 valence electrons. The molecule has 0 N–H and O–H groups in total. The summed E-state index contributed by atoms with van der Waals surface area (Å²) in [6.07, 6.45) is 4.78. The zero-order valence-electron chi connectivity index (χ0n) is 11.7. The largest absolute Gasteiger partial charge is 0.289 e. The molecule has 0 unspecified atom stereocenters. The highest BCUT2D eigenvalue weighted by Gasteiger charge is 2.08. The van der Waals surface area contributed by atoms with E-state index in [9.17, 15) is 4.79 Å². The lowest BCUT2D eigenvalue weighted by Gasteiger charge is -2.04. The maximum atomic E-state index is 12.3. The second kappa shape index (κ2) is 7.25. The molecular weight excluding hydrogens is 268 g/mol. The highest BCUT2D eigenvalue weighted by molar-refractivity contribution is 6.30. The van der Waals surface area contributed by atoms with E-state index in [0.717, 1.165) is 12.0 Å². The van der Waals surface area contributed by atoms with Crippen molar-refractivity contribution < 1.29 is 4.79 Å². The fraction of sp³-hybridized carbons (Fsp3) is 0.278. The number of ketones is 1. The molecule has 0 fully saturated rings. The van der Waals surface area contributed by atoms with Crippen LogP contribution < -0.4 is 0 Å². The summed E-state index contributed by atoms with van der Waals surface area (Å²) in [5, 5.41) is 0.646. The first-order chi connectivity index (χ1) is 9.70. The second-order valence-corrected chi connectivity index (χ2v) is 5.43. The molecule has 0 atom stereocenters. The summed E-state index contributed by atoms with van der Waals surface area (Å²) in [4.78, 5) is 12.3. The third-order valence-corrected chi connectivity index (χ3v) is 3.64. The summed E-state index contributed by atoms with van der Waals surface area (Å²) < 4.78 is 0. The standard InChI is InChI=1S/C18H19ClO/c1-2-3-4-5-14-6-8-15(9-7-14)18(20)16-10-12-17(19)13-11-16/h6-13H,2-5H2,1H3. The van der Waals surface area contributed by atoms with Gasteiger partial charge in [-0.15, -0.1) is 0 Å². The molecule has 0 aliphatic carbocycles. The molecule has 2 aromatic carbocycles. The summed E-state index contributed by atoms with van der Waals surface area (Å²) in [5.74, 6) is 0.0433. The molecular formula is C18H19ClO. The zero-order valence-corrected chi connectivity index (χ0v) is 12.5. The van der Waals surface area contributed by atoms with E-state index in [4.69, 9.17) is 11.6 Å². The van der Waals surface area contributed by atoms with Gasteiger partial charge in [-0.3, -0.25) is 4.79 Å². The fourth-order valence-corrected chi connectivity index (χ4v) is 2.30. The number of hydrogen-bond acceptors (Lipinski definition) is 1. The Hall–Kier alpha value is -1.60. The molecule has 2 aromatic rings. The second-order valence-electron chi connectivity index (χ2n) is 4.99. The number of carbonyl (C=O) groups is 1. The van der Waals surface area contributed by atoms with Crippen molar-refractivity contribution in [2.24, 2.45) is 0 Å². The molecule has 0 spiro atoms. The first-order valence-corrected chi connectivity index (χ1v) is 7.47. The van der Waals surface area contributed by atoms with Crippen LogP contribution in [0.15, 0.2) is 48.5 Å². The van der Waals surface area contributed by atoms with Gasteiger partial charge in [0.2, 0.25) is 0 Å². The van der Waals surface area contributed by atoms with Gasteiger partial charge in [0.15, 0.2) is 5.78 Å². The van der Waals surface area contributed by atoms with Crippen LogP contribution in [-0.2, 0) is 6.42 Å². The quantitative estimate of drug-likeness (QED) is 0.520. The molecule has 0 bridgehead atoms. The van der Waals surface area contributed by atoms with Crippen LogP contribution in [0.1, 0.15) is 47.7 Å². The Morgan fingerprint density at radius 2 is 1.45 bits per heavy atom. The molecule has 2 rings (SSSR count). The predicted octanol–water partition coefficient (Wildman–Crippen LogP) is 5.30. The van der Waals surface area contributed by atoms with Crippen molar-refractivity contribution >= 4 is 17.4 Å². The third kappa shape index (κ3) is 3.94. The lowest BCUT2D eigenvalue weighted by Crippen LogP contribution is -2.01. The van der Waals surface area contributed by atoms with Crippen molar-refractivity contribution in [3.63, 3.8) is 0 Å². The van der Waals surface area contributed by atoms with Crippen LogP contribution in [0.25, 0.3) is 0 Å². The van der Waals surface area contributed by atoms with Gasteiger partial charge in [0.1, 0.15) is 0 Å². The lowest BCUT2D eigenvalue weighted by atomic mass is 10.0. The molecule has 0 saturated heterocycles. The normalized spacial score (nSPS) is 10.5. The van der Waals surface area contributed by atoms with Gasteiger partial charge in [-0.1, -0.05) is 55.6 Å². The van der Waals surface area contributed by atoms with E-state index < -0.39 is 0 Å². The van der Waals surface area contributed by atoms with Crippen LogP contribution >= 0.6 is 11.6 Å². The van der Waals surface area contributed by atoms with E-state index in [1.54, 1.807) is 24.3 Å². The minimum absolute atomic E-state index is 0.0433. The molecule has 0 aromatic heterocycles. The predicted molar refractivity (Wildman–Crippen MR) is 84.6 cm³/mol. The molecule has 0 amide bonds. The monoisotopic (exact) mass is 286 g/mol. The number of rotatable bonds is 6. The summed E-state index contributed by atoms with van der Waals surface area (Å²) in [7, 11) is 0.